The Bertz CT molecular complexity index is 1080. The number of imidazole rings is 1. The summed E-state index contributed by atoms with van der Waals surface area (Å²) in [6.45, 7) is 4.54. The van der Waals surface area contributed by atoms with Crippen molar-refractivity contribution in [2.75, 3.05) is 5.75 Å². The van der Waals surface area contributed by atoms with Crippen molar-refractivity contribution in [3.63, 3.8) is 0 Å². The van der Waals surface area contributed by atoms with Crippen molar-refractivity contribution in [1.82, 2.24) is 9.55 Å². The molecule has 1 heterocycles. The van der Waals surface area contributed by atoms with Crippen LogP contribution in [-0.4, -0.2) is 43.2 Å². The molecule has 8 heteroatoms. The van der Waals surface area contributed by atoms with Crippen LogP contribution in [0.4, 0.5) is 0 Å². The molecule has 0 bridgehead atoms. The van der Waals surface area contributed by atoms with E-state index in [0.29, 0.717) is 17.9 Å². The summed E-state index contributed by atoms with van der Waals surface area (Å²) in [5.74, 6) is -1.91. The van der Waals surface area contributed by atoms with Crippen LogP contribution in [0.1, 0.15) is 13.8 Å². The van der Waals surface area contributed by atoms with Gasteiger partial charge in [-0.05, 0) is 13.8 Å². The van der Waals surface area contributed by atoms with Crippen LogP contribution in [0.25, 0.3) is 22.5 Å². The molecule has 0 spiro atoms. The van der Waals surface area contributed by atoms with E-state index in [2.05, 4.69) is 35.8 Å². The maximum Gasteiger partial charge on any atom is 0.328 e. The number of thioether (sulfide) groups is 1. The Labute approximate surface area is 190 Å². The van der Waals surface area contributed by atoms with Crippen LogP contribution < -0.4 is 0 Å². The first kappa shape index (κ1) is 24.6. The van der Waals surface area contributed by atoms with Crippen LogP contribution >= 0.6 is 11.8 Å². The molecule has 1 aromatic heterocycles. The van der Waals surface area contributed by atoms with Gasteiger partial charge in [-0.2, -0.15) is 0 Å². The standard InChI is InChI=1S/C20H20N2OS.C4H4O4/c1-3-22-19(17-12-8-5-9-13-17)18(16-10-6-4-7-11-16)21-20(22)24-14-15(2)23;5-3(6)1-2-4(7)8/h4-13H,3,14H2,1-2H3;1-2H,(H,5,6)(H,7,8). The number of aromatic nitrogens is 2. The topological polar surface area (TPSA) is 109 Å². The highest BCUT2D eigenvalue weighted by Gasteiger charge is 2.19. The number of ketones is 1. The van der Waals surface area contributed by atoms with Crippen molar-refractivity contribution >= 4 is 29.5 Å². The fourth-order valence-corrected chi connectivity index (χ4v) is 3.70. The smallest absolute Gasteiger partial charge is 0.328 e. The van der Waals surface area contributed by atoms with Crippen LogP contribution in [0.15, 0.2) is 78.0 Å². The predicted molar refractivity (Wildman–Crippen MR) is 125 cm³/mol. The Morgan fingerprint density at radius 1 is 0.906 bits per heavy atom. The van der Waals surface area contributed by atoms with E-state index < -0.39 is 11.9 Å². The summed E-state index contributed by atoms with van der Waals surface area (Å²) < 4.78 is 2.20. The Balaban J connectivity index is 0.000000390. The second-order valence-corrected chi connectivity index (χ2v) is 7.51. The van der Waals surface area contributed by atoms with Gasteiger partial charge in [0.25, 0.3) is 0 Å². The first-order valence-corrected chi connectivity index (χ1v) is 10.8. The highest BCUT2D eigenvalue weighted by atomic mass is 32.2. The van der Waals surface area contributed by atoms with E-state index in [0.717, 1.165) is 34.2 Å². The lowest BCUT2D eigenvalue weighted by molar-refractivity contribution is -0.134. The van der Waals surface area contributed by atoms with Gasteiger partial charge in [-0.3, -0.25) is 4.79 Å². The van der Waals surface area contributed by atoms with Crippen molar-refractivity contribution < 1.29 is 24.6 Å². The van der Waals surface area contributed by atoms with Crippen molar-refractivity contribution in [2.24, 2.45) is 0 Å². The molecule has 2 aromatic carbocycles. The lowest BCUT2D eigenvalue weighted by atomic mass is 10.0. The van der Waals surface area contributed by atoms with Gasteiger partial charge in [0.15, 0.2) is 5.16 Å². The second kappa shape index (κ2) is 12.3. The summed E-state index contributed by atoms with van der Waals surface area (Å²) in [5.41, 5.74) is 4.30. The van der Waals surface area contributed by atoms with Gasteiger partial charge in [-0.25, -0.2) is 14.6 Å². The molecule has 0 fully saturated rings. The number of carboxylic acids is 2. The number of benzene rings is 2. The van der Waals surface area contributed by atoms with Gasteiger partial charge in [-0.1, -0.05) is 72.4 Å². The van der Waals surface area contributed by atoms with Gasteiger partial charge >= 0.3 is 11.9 Å². The predicted octanol–water partition coefficient (Wildman–Crippen LogP) is 4.63. The quantitative estimate of drug-likeness (QED) is 0.379. The molecule has 0 saturated heterocycles. The Morgan fingerprint density at radius 3 is 1.84 bits per heavy atom. The molecule has 0 atom stereocenters. The molecule has 3 rings (SSSR count). The van der Waals surface area contributed by atoms with Crippen LogP contribution in [-0.2, 0) is 20.9 Å². The number of Topliss-reactive ketones (excluding diaryl/α,β-unsaturated/α-hetero) is 1. The summed E-state index contributed by atoms with van der Waals surface area (Å²) in [7, 11) is 0. The number of rotatable bonds is 8. The second-order valence-electron chi connectivity index (χ2n) is 6.57. The van der Waals surface area contributed by atoms with E-state index in [1.807, 2.05) is 36.4 Å². The van der Waals surface area contributed by atoms with Crippen LogP contribution in [0.2, 0.25) is 0 Å². The first-order chi connectivity index (χ1) is 15.3. The van der Waals surface area contributed by atoms with E-state index in [1.54, 1.807) is 6.92 Å². The third-order valence-electron chi connectivity index (χ3n) is 4.12. The average Bonchev–Trinajstić information content (AvgIpc) is 3.16. The van der Waals surface area contributed by atoms with Crippen LogP contribution in [0, 0.1) is 0 Å². The molecule has 0 aliphatic rings. The maximum absolute atomic E-state index is 11.4. The monoisotopic (exact) mass is 452 g/mol. The van der Waals surface area contributed by atoms with Gasteiger partial charge in [0.2, 0.25) is 0 Å². The molecule has 0 radical (unpaired) electrons. The normalized spacial score (nSPS) is 10.4. The minimum atomic E-state index is -1.26. The number of carbonyl (C=O) groups is 3. The van der Waals surface area contributed by atoms with E-state index in [1.165, 1.54) is 11.8 Å². The van der Waals surface area contributed by atoms with Gasteiger partial charge in [0.1, 0.15) is 5.78 Å². The third-order valence-corrected chi connectivity index (χ3v) is 5.24. The summed E-state index contributed by atoms with van der Waals surface area (Å²) >= 11 is 1.51. The summed E-state index contributed by atoms with van der Waals surface area (Å²) in [6.07, 6.45) is 1.12. The zero-order valence-corrected chi connectivity index (χ0v) is 18.6. The van der Waals surface area contributed by atoms with E-state index >= 15 is 0 Å². The van der Waals surface area contributed by atoms with Gasteiger partial charge < -0.3 is 14.8 Å². The molecule has 166 valence electrons. The van der Waals surface area contributed by atoms with Crippen molar-refractivity contribution in [1.29, 1.82) is 0 Å². The van der Waals surface area contributed by atoms with Crippen molar-refractivity contribution in [2.45, 2.75) is 25.5 Å². The zero-order chi connectivity index (χ0) is 23.5. The molecule has 0 saturated carbocycles. The number of carbonyl (C=O) groups excluding carboxylic acids is 1. The highest BCUT2D eigenvalue weighted by molar-refractivity contribution is 7.99. The summed E-state index contributed by atoms with van der Waals surface area (Å²) in [5, 5.41) is 16.5. The van der Waals surface area contributed by atoms with Gasteiger partial charge in [-0.15, -0.1) is 0 Å². The molecule has 0 unspecified atom stereocenters. The lowest BCUT2D eigenvalue weighted by Gasteiger charge is -2.10. The zero-order valence-electron chi connectivity index (χ0n) is 17.8. The Morgan fingerprint density at radius 2 is 1.41 bits per heavy atom. The molecule has 0 amide bonds. The number of hydrogen-bond acceptors (Lipinski definition) is 5. The SMILES string of the molecule is CCn1c(SCC(C)=O)nc(-c2ccccc2)c1-c1ccccc1.O=C(O)C=CC(=O)O. The fraction of sp³-hybridized carbons (Fsp3) is 0.167. The molecular formula is C24H24N2O5S. The van der Waals surface area contributed by atoms with Crippen molar-refractivity contribution in [3.8, 4) is 22.5 Å². The molecule has 7 nitrogen and oxygen atoms in total. The number of aliphatic carboxylic acids is 2. The first-order valence-electron chi connectivity index (χ1n) is 9.81. The third kappa shape index (κ3) is 7.24. The highest BCUT2D eigenvalue weighted by Crippen LogP contribution is 2.35. The molecule has 0 aliphatic heterocycles. The number of nitrogens with zero attached hydrogens (tertiary/aromatic N) is 2. The van der Waals surface area contributed by atoms with Crippen molar-refractivity contribution in [3.05, 3.63) is 72.8 Å². The maximum atomic E-state index is 11.4. The average molecular weight is 453 g/mol. The van der Waals surface area contributed by atoms with E-state index in [9.17, 15) is 14.4 Å². The molecular weight excluding hydrogens is 428 g/mol. The molecule has 0 aliphatic carbocycles. The Hall–Kier alpha value is -3.65. The largest absolute Gasteiger partial charge is 0.478 e. The van der Waals surface area contributed by atoms with E-state index in [-0.39, 0.29) is 5.78 Å². The lowest BCUT2D eigenvalue weighted by Crippen LogP contribution is -2.01. The van der Waals surface area contributed by atoms with E-state index in [4.69, 9.17) is 15.2 Å². The van der Waals surface area contributed by atoms with Crippen LogP contribution in [0.3, 0.4) is 0 Å². The summed E-state index contributed by atoms with van der Waals surface area (Å²) in [4.78, 5) is 35.4. The van der Waals surface area contributed by atoms with Crippen LogP contribution in [0.5, 0.6) is 0 Å². The fourth-order valence-electron chi connectivity index (χ4n) is 2.83. The number of carboxylic acid groups (broad SMARTS) is 2. The minimum absolute atomic E-state index is 0.160. The van der Waals surface area contributed by atoms with Gasteiger partial charge in [0, 0.05) is 29.8 Å². The number of hydrogen-bond donors (Lipinski definition) is 2. The summed E-state index contributed by atoms with van der Waals surface area (Å²) in [6, 6.07) is 20.5. The Kier molecular flexibility index (Phi) is 9.43. The molecule has 2 N–H and O–H groups in total. The minimum Gasteiger partial charge on any atom is -0.478 e. The van der Waals surface area contributed by atoms with Gasteiger partial charge in [0.05, 0.1) is 17.1 Å². The molecule has 3 aromatic rings. The molecule has 32 heavy (non-hydrogen) atoms.